The number of methoxy groups -OCH3 is 2. The highest BCUT2D eigenvalue weighted by Crippen LogP contribution is 2.29. The Labute approximate surface area is 185 Å². The number of rotatable bonds is 8. The lowest BCUT2D eigenvalue weighted by Gasteiger charge is -2.31. The number of carbonyl (C=O) groups is 1. The van der Waals surface area contributed by atoms with Crippen LogP contribution in [0.25, 0.3) is 5.13 Å². The van der Waals surface area contributed by atoms with Crippen LogP contribution in [0.15, 0.2) is 42.7 Å². The zero-order valence-electron chi connectivity index (χ0n) is 17.8. The van der Waals surface area contributed by atoms with Gasteiger partial charge in [-0.05, 0) is 49.1 Å². The predicted octanol–water partition coefficient (Wildman–Crippen LogP) is 2.92. The van der Waals surface area contributed by atoms with Crippen LogP contribution in [0.1, 0.15) is 18.4 Å². The smallest absolute Gasteiger partial charge is 0.224 e. The monoisotopic (exact) mass is 441 g/mol. The van der Waals surface area contributed by atoms with Gasteiger partial charge in [0.2, 0.25) is 16.2 Å². The molecular formula is C22H27N5O3S. The van der Waals surface area contributed by atoms with Crippen LogP contribution in [0.4, 0.5) is 5.13 Å². The van der Waals surface area contributed by atoms with E-state index in [0.717, 1.165) is 41.6 Å². The normalized spacial score (nSPS) is 16.2. The molecule has 9 heteroatoms. The van der Waals surface area contributed by atoms with Crippen LogP contribution < -0.4 is 19.7 Å². The molecule has 31 heavy (non-hydrogen) atoms. The zero-order valence-corrected chi connectivity index (χ0v) is 18.6. The Morgan fingerprint density at radius 3 is 2.71 bits per heavy atom. The molecule has 0 spiro atoms. The Morgan fingerprint density at radius 2 is 1.94 bits per heavy atom. The van der Waals surface area contributed by atoms with Gasteiger partial charge in [0.15, 0.2) is 11.5 Å². The Kier molecular flexibility index (Phi) is 6.71. The van der Waals surface area contributed by atoms with Gasteiger partial charge in [-0.2, -0.15) is 0 Å². The maximum absolute atomic E-state index is 12.8. The standard InChI is InChI=1S/C22H27N5O3S/c1-29-18-8-7-16(14-19(18)30-2)9-10-23-20(28)17-6-5-13-27(15-17)22-25-24-21(31-22)26-11-3-4-12-26/h3-4,7-8,11-12,14,17H,5-6,9-10,13,15H2,1-2H3,(H,23,28). The fourth-order valence-electron chi connectivity index (χ4n) is 3.78. The van der Waals surface area contributed by atoms with E-state index >= 15 is 0 Å². The van der Waals surface area contributed by atoms with Crippen molar-refractivity contribution >= 4 is 22.4 Å². The van der Waals surface area contributed by atoms with Crippen molar-refractivity contribution in [3.63, 3.8) is 0 Å². The number of carbonyl (C=O) groups excluding carboxylic acids is 1. The summed E-state index contributed by atoms with van der Waals surface area (Å²) in [6, 6.07) is 9.76. The third-order valence-electron chi connectivity index (χ3n) is 5.45. The third kappa shape index (κ3) is 4.99. The lowest BCUT2D eigenvalue weighted by Crippen LogP contribution is -2.43. The Balaban J connectivity index is 1.30. The quantitative estimate of drug-likeness (QED) is 0.579. The molecule has 2 aromatic heterocycles. The molecule has 1 amide bonds. The Morgan fingerprint density at radius 1 is 1.16 bits per heavy atom. The molecule has 1 saturated heterocycles. The summed E-state index contributed by atoms with van der Waals surface area (Å²) in [5.41, 5.74) is 1.09. The molecule has 0 saturated carbocycles. The summed E-state index contributed by atoms with van der Waals surface area (Å²) in [6.45, 7) is 2.15. The van der Waals surface area contributed by atoms with Gasteiger partial charge in [0.1, 0.15) is 0 Å². The summed E-state index contributed by atoms with van der Waals surface area (Å²) in [5, 5.41) is 13.4. The van der Waals surface area contributed by atoms with Gasteiger partial charge in [0, 0.05) is 32.0 Å². The molecule has 3 heterocycles. The van der Waals surface area contributed by atoms with E-state index in [-0.39, 0.29) is 11.8 Å². The molecule has 1 aromatic carbocycles. The topological polar surface area (TPSA) is 81.5 Å². The number of hydrogen-bond acceptors (Lipinski definition) is 7. The molecule has 1 atom stereocenters. The minimum atomic E-state index is -0.0434. The number of ether oxygens (including phenoxy) is 2. The molecule has 0 bridgehead atoms. The lowest BCUT2D eigenvalue weighted by molar-refractivity contribution is -0.125. The van der Waals surface area contributed by atoms with E-state index < -0.39 is 0 Å². The lowest BCUT2D eigenvalue weighted by atomic mass is 9.97. The van der Waals surface area contributed by atoms with Crippen molar-refractivity contribution in [3.05, 3.63) is 48.3 Å². The number of aromatic nitrogens is 3. The average molecular weight is 442 g/mol. The van der Waals surface area contributed by atoms with Crippen LogP contribution in [0, 0.1) is 5.92 Å². The number of benzene rings is 1. The maximum Gasteiger partial charge on any atom is 0.224 e. The van der Waals surface area contributed by atoms with Crippen LogP contribution in [0.5, 0.6) is 11.5 Å². The Hall–Kier alpha value is -3.07. The van der Waals surface area contributed by atoms with Crippen LogP contribution >= 0.6 is 11.3 Å². The first kappa shape index (κ1) is 21.2. The van der Waals surface area contributed by atoms with Gasteiger partial charge in [-0.3, -0.25) is 9.36 Å². The summed E-state index contributed by atoms with van der Waals surface area (Å²) in [6.07, 6.45) is 6.50. The first-order valence-corrected chi connectivity index (χ1v) is 11.2. The van der Waals surface area contributed by atoms with Gasteiger partial charge in [0.25, 0.3) is 0 Å². The molecule has 3 aromatic rings. The largest absolute Gasteiger partial charge is 0.493 e. The fourth-order valence-corrected chi connectivity index (χ4v) is 4.63. The molecule has 0 radical (unpaired) electrons. The van der Waals surface area contributed by atoms with E-state index in [1.165, 1.54) is 0 Å². The van der Waals surface area contributed by atoms with Gasteiger partial charge in [-0.1, -0.05) is 17.4 Å². The first-order valence-electron chi connectivity index (χ1n) is 10.4. The molecule has 1 unspecified atom stereocenters. The van der Waals surface area contributed by atoms with Crippen molar-refractivity contribution in [2.45, 2.75) is 19.3 Å². The molecule has 1 aliphatic heterocycles. The third-order valence-corrected chi connectivity index (χ3v) is 6.45. The van der Waals surface area contributed by atoms with Crippen molar-refractivity contribution in [2.75, 3.05) is 38.8 Å². The summed E-state index contributed by atoms with van der Waals surface area (Å²) in [5.74, 6) is 1.46. The van der Waals surface area contributed by atoms with Gasteiger partial charge >= 0.3 is 0 Å². The number of nitrogens with zero attached hydrogens (tertiary/aromatic N) is 4. The van der Waals surface area contributed by atoms with Crippen molar-refractivity contribution in [1.29, 1.82) is 0 Å². The highest BCUT2D eigenvalue weighted by atomic mass is 32.1. The molecule has 0 aliphatic carbocycles. The molecule has 1 aliphatic rings. The average Bonchev–Trinajstić information content (AvgIpc) is 3.51. The summed E-state index contributed by atoms with van der Waals surface area (Å²) in [4.78, 5) is 14.9. The zero-order chi connectivity index (χ0) is 21.6. The summed E-state index contributed by atoms with van der Waals surface area (Å²) in [7, 11) is 3.24. The molecule has 164 valence electrons. The summed E-state index contributed by atoms with van der Waals surface area (Å²) < 4.78 is 12.6. The van der Waals surface area contributed by atoms with Gasteiger partial charge < -0.3 is 19.7 Å². The molecule has 8 nitrogen and oxygen atoms in total. The SMILES string of the molecule is COc1ccc(CCNC(=O)C2CCCN(c3nnc(-n4cccc4)s3)C2)cc1OC. The van der Waals surface area contributed by atoms with Crippen LogP contribution in [0.3, 0.4) is 0 Å². The number of anilines is 1. The second kappa shape index (κ2) is 9.82. The van der Waals surface area contributed by atoms with Gasteiger partial charge in [-0.15, -0.1) is 10.2 Å². The van der Waals surface area contributed by atoms with Crippen LogP contribution in [-0.2, 0) is 11.2 Å². The van der Waals surface area contributed by atoms with Crippen molar-refractivity contribution in [2.24, 2.45) is 5.92 Å². The predicted molar refractivity (Wildman–Crippen MR) is 120 cm³/mol. The molecule has 1 N–H and O–H groups in total. The minimum absolute atomic E-state index is 0.0434. The Bertz CT molecular complexity index is 1000. The molecular weight excluding hydrogens is 414 g/mol. The molecule has 1 fully saturated rings. The highest BCUT2D eigenvalue weighted by Gasteiger charge is 2.27. The number of amides is 1. The van der Waals surface area contributed by atoms with Crippen molar-refractivity contribution < 1.29 is 14.3 Å². The number of piperidine rings is 1. The minimum Gasteiger partial charge on any atom is -0.493 e. The van der Waals surface area contributed by atoms with E-state index in [0.29, 0.717) is 24.6 Å². The van der Waals surface area contributed by atoms with Crippen LogP contribution in [0.2, 0.25) is 0 Å². The van der Waals surface area contributed by atoms with E-state index in [2.05, 4.69) is 20.4 Å². The van der Waals surface area contributed by atoms with Gasteiger partial charge in [-0.25, -0.2) is 0 Å². The number of nitrogens with one attached hydrogen (secondary N) is 1. The van der Waals surface area contributed by atoms with E-state index in [4.69, 9.17) is 9.47 Å². The maximum atomic E-state index is 12.8. The van der Waals surface area contributed by atoms with E-state index in [1.807, 2.05) is 47.3 Å². The van der Waals surface area contributed by atoms with E-state index in [9.17, 15) is 4.79 Å². The fraction of sp³-hybridized carbons (Fsp3) is 0.409. The molecule has 4 rings (SSSR count). The second-order valence-corrected chi connectivity index (χ2v) is 8.41. The first-order chi connectivity index (χ1) is 15.2. The second-order valence-electron chi connectivity index (χ2n) is 7.47. The highest BCUT2D eigenvalue weighted by molar-refractivity contribution is 7.17. The van der Waals surface area contributed by atoms with Crippen LogP contribution in [-0.4, -0.2) is 54.5 Å². The van der Waals surface area contributed by atoms with Gasteiger partial charge in [0.05, 0.1) is 20.1 Å². The van der Waals surface area contributed by atoms with E-state index in [1.54, 1.807) is 25.6 Å². The summed E-state index contributed by atoms with van der Waals surface area (Å²) >= 11 is 1.55. The van der Waals surface area contributed by atoms with Crippen molar-refractivity contribution in [1.82, 2.24) is 20.1 Å². The number of hydrogen-bond donors (Lipinski definition) is 1. The van der Waals surface area contributed by atoms with Crippen molar-refractivity contribution in [3.8, 4) is 16.6 Å².